The van der Waals surface area contributed by atoms with Gasteiger partial charge in [-0.15, -0.1) is 11.3 Å². The van der Waals surface area contributed by atoms with Crippen LogP contribution in [0.15, 0.2) is 23.7 Å². The molecule has 0 bridgehead atoms. The summed E-state index contributed by atoms with van der Waals surface area (Å²) in [6.45, 7) is 5.48. The SMILES string of the molecule is CCn1cc(CN(C)C(=O)c2cccs2)c(C)n1. The van der Waals surface area contributed by atoms with Crippen LogP contribution < -0.4 is 0 Å². The predicted molar refractivity (Wildman–Crippen MR) is 72.8 cm³/mol. The maximum absolute atomic E-state index is 12.1. The van der Waals surface area contributed by atoms with Crippen LogP contribution in [0.3, 0.4) is 0 Å². The summed E-state index contributed by atoms with van der Waals surface area (Å²) in [5, 5.41) is 6.30. The molecule has 5 heteroatoms. The molecule has 0 N–H and O–H groups in total. The van der Waals surface area contributed by atoms with Crippen molar-refractivity contribution in [3.05, 3.63) is 39.8 Å². The Morgan fingerprint density at radius 1 is 1.56 bits per heavy atom. The van der Waals surface area contributed by atoms with E-state index in [9.17, 15) is 4.79 Å². The standard InChI is InChI=1S/C13H17N3OS/c1-4-16-9-11(10(2)14-16)8-15(3)13(17)12-6-5-7-18-12/h5-7,9H,4,8H2,1-3H3. The molecule has 0 unspecified atom stereocenters. The van der Waals surface area contributed by atoms with Gasteiger partial charge in [0.05, 0.1) is 10.6 Å². The molecule has 2 aromatic heterocycles. The van der Waals surface area contributed by atoms with Gasteiger partial charge in [-0.05, 0) is 25.3 Å². The van der Waals surface area contributed by atoms with Gasteiger partial charge in [-0.3, -0.25) is 9.48 Å². The van der Waals surface area contributed by atoms with Crippen molar-refractivity contribution in [2.45, 2.75) is 26.9 Å². The molecule has 18 heavy (non-hydrogen) atoms. The van der Waals surface area contributed by atoms with Crippen LogP contribution in [0.2, 0.25) is 0 Å². The molecule has 0 aliphatic carbocycles. The van der Waals surface area contributed by atoms with E-state index in [2.05, 4.69) is 12.0 Å². The first-order valence-electron chi connectivity index (χ1n) is 5.93. The second-order valence-corrected chi connectivity index (χ2v) is 5.18. The highest BCUT2D eigenvalue weighted by Crippen LogP contribution is 2.14. The summed E-state index contributed by atoms with van der Waals surface area (Å²) in [5.41, 5.74) is 2.09. The minimum Gasteiger partial charge on any atom is -0.337 e. The van der Waals surface area contributed by atoms with Crippen molar-refractivity contribution in [1.82, 2.24) is 14.7 Å². The summed E-state index contributed by atoms with van der Waals surface area (Å²) in [7, 11) is 1.82. The Labute approximate surface area is 111 Å². The lowest BCUT2D eigenvalue weighted by molar-refractivity contribution is 0.0789. The number of rotatable bonds is 4. The Morgan fingerprint density at radius 3 is 2.89 bits per heavy atom. The summed E-state index contributed by atoms with van der Waals surface area (Å²) < 4.78 is 1.90. The van der Waals surface area contributed by atoms with E-state index in [4.69, 9.17) is 0 Å². The molecule has 0 atom stereocenters. The van der Waals surface area contributed by atoms with Gasteiger partial charge in [0.1, 0.15) is 0 Å². The summed E-state index contributed by atoms with van der Waals surface area (Å²) >= 11 is 1.47. The van der Waals surface area contributed by atoms with Crippen LogP contribution in [-0.2, 0) is 13.1 Å². The van der Waals surface area contributed by atoms with Crippen LogP contribution in [0.1, 0.15) is 27.9 Å². The van der Waals surface area contributed by atoms with Crippen molar-refractivity contribution in [2.24, 2.45) is 0 Å². The Balaban J connectivity index is 2.09. The number of nitrogens with zero attached hydrogens (tertiary/aromatic N) is 3. The number of aromatic nitrogens is 2. The van der Waals surface area contributed by atoms with Crippen molar-refractivity contribution in [2.75, 3.05) is 7.05 Å². The van der Waals surface area contributed by atoms with E-state index in [0.29, 0.717) is 6.54 Å². The number of carbonyl (C=O) groups excluding carboxylic acids is 1. The lowest BCUT2D eigenvalue weighted by Crippen LogP contribution is -2.25. The smallest absolute Gasteiger partial charge is 0.263 e. The minimum atomic E-state index is 0.0636. The fourth-order valence-corrected chi connectivity index (χ4v) is 2.51. The van der Waals surface area contributed by atoms with Crippen LogP contribution in [0.5, 0.6) is 0 Å². The molecule has 2 rings (SSSR count). The fourth-order valence-electron chi connectivity index (χ4n) is 1.79. The maximum Gasteiger partial charge on any atom is 0.263 e. The number of thiophene rings is 1. The predicted octanol–water partition coefficient (Wildman–Crippen LogP) is 2.55. The second-order valence-electron chi connectivity index (χ2n) is 4.23. The molecule has 4 nitrogen and oxygen atoms in total. The zero-order valence-corrected chi connectivity index (χ0v) is 11.7. The number of hydrogen-bond acceptors (Lipinski definition) is 3. The maximum atomic E-state index is 12.1. The summed E-state index contributed by atoms with van der Waals surface area (Å²) in [5.74, 6) is 0.0636. The first kappa shape index (κ1) is 12.8. The molecule has 0 aliphatic rings. The van der Waals surface area contributed by atoms with Crippen LogP contribution in [0.25, 0.3) is 0 Å². The molecule has 0 saturated carbocycles. The molecular weight excluding hydrogens is 246 g/mol. The quantitative estimate of drug-likeness (QED) is 0.850. The first-order chi connectivity index (χ1) is 8.61. The Morgan fingerprint density at radius 2 is 2.33 bits per heavy atom. The van der Waals surface area contributed by atoms with Gasteiger partial charge in [0, 0.05) is 31.9 Å². The highest BCUT2D eigenvalue weighted by Gasteiger charge is 2.15. The molecule has 2 heterocycles. The van der Waals surface area contributed by atoms with Crippen LogP contribution >= 0.6 is 11.3 Å². The zero-order valence-electron chi connectivity index (χ0n) is 10.9. The van der Waals surface area contributed by atoms with Gasteiger partial charge in [-0.2, -0.15) is 5.10 Å². The van der Waals surface area contributed by atoms with Crippen molar-refractivity contribution in [1.29, 1.82) is 0 Å². The summed E-state index contributed by atoms with van der Waals surface area (Å²) in [4.78, 5) is 14.6. The van der Waals surface area contributed by atoms with Crippen molar-refractivity contribution >= 4 is 17.2 Å². The molecule has 96 valence electrons. The fraction of sp³-hybridized carbons (Fsp3) is 0.385. The van der Waals surface area contributed by atoms with Crippen molar-refractivity contribution in [3.8, 4) is 0 Å². The summed E-state index contributed by atoms with van der Waals surface area (Å²) in [6, 6.07) is 3.75. The number of amides is 1. The number of hydrogen-bond donors (Lipinski definition) is 0. The monoisotopic (exact) mass is 263 g/mol. The van der Waals surface area contributed by atoms with E-state index < -0.39 is 0 Å². The topological polar surface area (TPSA) is 38.1 Å². The third-order valence-corrected chi connectivity index (χ3v) is 3.72. The van der Waals surface area contributed by atoms with E-state index in [-0.39, 0.29) is 5.91 Å². The Kier molecular flexibility index (Phi) is 3.81. The summed E-state index contributed by atoms with van der Waals surface area (Å²) in [6.07, 6.45) is 2.01. The van der Waals surface area contributed by atoms with Crippen LogP contribution in [0, 0.1) is 6.92 Å². The largest absolute Gasteiger partial charge is 0.337 e. The van der Waals surface area contributed by atoms with E-state index >= 15 is 0 Å². The molecule has 2 aromatic rings. The molecular formula is C13H17N3OS. The average molecular weight is 263 g/mol. The van der Waals surface area contributed by atoms with Crippen molar-refractivity contribution < 1.29 is 4.79 Å². The molecule has 0 fully saturated rings. The second kappa shape index (κ2) is 5.35. The molecule has 0 radical (unpaired) electrons. The third kappa shape index (κ3) is 2.61. The van der Waals surface area contributed by atoms with Gasteiger partial charge in [0.2, 0.25) is 0 Å². The molecule has 0 spiro atoms. The highest BCUT2D eigenvalue weighted by atomic mass is 32.1. The van der Waals surface area contributed by atoms with Crippen LogP contribution in [-0.4, -0.2) is 27.6 Å². The van der Waals surface area contributed by atoms with E-state index in [1.807, 2.05) is 42.4 Å². The van der Waals surface area contributed by atoms with E-state index in [1.54, 1.807) is 4.90 Å². The van der Waals surface area contributed by atoms with Gasteiger partial charge >= 0.3 is 0 Å². The molecule has 1 amide bonds. The van der Waals surface area contributed by atoms with E-state index in [0.717, 1.165) is 22.7 Å². The lowest BCUT2D eigenvalue weighted by atomic mass is 10.2. The Hall–Kier alpha value is -1.62. The van der Waals surface area contributed by atoms with E-state index in [1.165, 1.54) is 11.3 Å². The molecule has 0 aromatic carbocycles. The Bertz CT molecular complexity index is 530. The average Bonchev–Trinajstić information content (AvgIpc) is 2.98. The zero-order chi connectivity index (χ0) is 13.1. The third-order valence-electron chi connectivity index (χ3n) is 2.86. The minimum absolute atomic E-state index is 0.0636. The van der Waals surface area contributed by atoms with Crippen LogP contribution in [0.4, 0.5) is 0 Å². The number of aryl methyl sites for hydroxylation is 2. The molecule has 0 aliphatic heterocycles. The number of carbonyl (C=O) groups is 1. The lowest BCUT2D eigenvalue weighted by Gasteiger charge is -2.15. The molecule has 0 saturated heterocycles. The normalized spacial score (nSPS) is 10.6. The van der Waals surface area contributed by atoms with Crippen molar-refractivity contribution in [3.63, 3.8) is 0 Å². The van der Waals surface area contributed by atoms with Gasteiger partial charge in [-0.25, -0.2) is 0 Å². The van der Waals surface area contributed by atoms with Gasteiger partial charge < -0.3 is 4.90 Å². The first-order valence-corrected chi connectivity index (χ1v) is 6.81. The van der Waals surface area contributed by atoms with Gasteiger partial charge in [0.25, 0.3) is 5.91 Å². The highest BCUT2D eigenvalue weighted by molar-refractivity contribution is 7.12. The van der Waals surface area contributed by atoms with Gasteiger partial charge in [-0.1, -0.05) is 6.07 Å². The van der Waals surface area contributed by atoms with Gasteiger partial charge in [0.15, 0.2) is 0 Å².